The summed E-state index contributed by atoms with van der Waals surface area (Å²) in [4.78, 5) is 0. The highest BCUT2D eigenvalue weighted by molar-refractivity contribution is 5.82. The molecule has 0 amide bonds. The van der Waals surface area contributed by atoms with Crippen LogP contribution in [0.3, 0.4) is 0 Å². The van der Waals surface area contributed by atoms with E-state index in [2.05, 4.69) is 97.1 Å². The van der Waals surface area contributed by atoms with Crippen LogP contribution in [0.2, 0.25) is 0 Å². The maximum absolute atomic E-state index is 10.8. The summed E-state index contributed by atoms with van der Waals surface area (Å²) in [6, 6.07) is 34.9. The second-order valence-corrected chi connectivity index (χ2v) is 11.0. The van der Waals surface area contributed by atoms with Gasteiger partial charge in [-0.2, -0.15) is 0 Å². The van der Waals surface area contributed by atoms with Gasteiger partial charge in [0.05, 0.1) is 12.2 Å². The van der Waals surface area contributed by atoms with Crippen LogP contribution in [0.1, 0.15) is 61.8 Å². The minimum Gasteiger partial charge on any atom is -0.393 e. The van der Waals surface area contributed by atoms with Crippen LogP contribution in [-0.2, 0) is 10.8 Å². The molecule has 0 aliphatic heterocycles. The number of hydrogen-bond donors (Lipinski definition) is 2. The molecule has 0 radical (unpaired) electrons. The normalized spacial score (nSPS) is 17.6. The molecule has 0 aromatic heterocycles. The first kappa shape index (κ1) is 23.2. The molecule has 6 rings (SSSR count). The summed E-state index contributed by atoms with van der Waals surface area (Å²) < 4.78 is 0. The Balaban J connectivity index is 1.53. The molecule has 0 spiro atoms. The van der Waals surface area contributed by atoms with Gasteiger partial charge in [0.1, 0.15) is 0 Å². The van der Waals surface area contributed by atoms with Gasteiger partial charge in [0, 0.05) is 10.8 Å². The Morgan fingerprint density at radius 1 is 0.472 bits per heavy atom. The molecule has 36 heavy (non-hydrogen) atoms. The van der Waals surface area contributed by atoms with E-state index >= 15 is 0 Å². The minimum atomic E-state index is -0.430. The van der Waals surface area contributed by atoms with Gasteiger partial charge >= 0.3 is 0 Å². The third-order valence-electron chi connectivity index (χ3n) is 8.62. The third kappa shape index (κ3) is 3.39. The summed E-state index contributed by atoms with van der Waals surface area (Å²) in [5.74, 6) is 0. The Morgan fingerprint density at radius 3 is 0.972 bits per heavy atom. The third-order valence-corrected chi connectivity index (χ3v) is 8.62. The fourth-order valence-corrected chi connectivity index (χ4v) is 7.45. The Kier molecular flexibility index (Phi) is 5.63. The van der Waals surface area contributed by atoms with Gasteiger partial charge in [-0.3, -0.25) is 0 Å². The van der Waals surface area contributed by atoms with Crippen LogP contribution in [0.5, 0.6) is 0 Å². The van der Waals surface area contributed by atoms with Gasteiger partial charge in [0.2, 0.25) is 0 Å². The van der Waals surface area contributed by atoms with Gasteiger partial charge in [-0.25, -0.2) is 0 Å². The van der Waals surface area contributed by atoms with Crippen LogP contribution in [0.25, 0.3) is 22.3 Å². The Bertz CT molecular complexity index is 1210. The van der Waals surface area contributed by atoms with Crippen molar-refractivity contribution in [2.75, 3.05) is 0 Å². The molecule has 0 saturated heterocycles. The topological polar surface area (TPSA) is 40.5 Å². The maximum Gasteiger partial charge on any atom is 0.0523 e. The standard InChI is InChI=1S/C34H34O2/c1-23(35)21-33(29-15-7-3-11-25(29)26-12-4-8-16-30(26)33)19-20-34(22-24(2)36)31-17-9-5-13-27(31)28-14-6-10-18-32(28)34/h3-18,23-24,35-36H,19-22H2,1-2H3. The Morgan fingerprint density at radius 2 is 0.722 bits per heavy atom. The predicted octanol–water partition coefficient (Wildman–Crippen LogP) is 7.24. The molecule has 0 saturated carbocycles. The summed E-state index contributed by atoms with van der Waals surface area (Å²) in [6.07, 6.45) is 2.27. The van der Waals surface area contributed by atoms with Gasteiger partial charge in [0.15, 0.2) is 0 Å². The molecule has 4 aromatic rings. The van der Waals surface area contributed by atoms with Crippen molar-refractivity contribution < 1.29 is 10.2 Å². The van der Waals surface area contributed by atoms with E-state index in [1.807, 2.05) is 13.8 Å². The smallest absolute Gasteiger partial charge is 0.0523 e. The van der Waals surface area contributed by atoms with Gasteiger partial charge in [-0.1, -0.05) is 97.1 Å². The van der Waals surface area contributed by atoms with E-state index in [-0.39, 0.29) is 10.8 Å². The molecule has 182 valence electrons. The zero-order valence-electron chi connectivity index (χ0n) is 21.1. The first-order valence-electron chi connectivity index (χ1n) is 13.2. The summed E-state index contributed by atoms with van der Waals surface area (Å²) in [7, 11) is 0. The van der Waals surface area contributed by atoms with Crippen LogP contribution in [0.4, 0.5) is 0 Å². The van der Waals surface area contributed by atoms with E-state index in [0.717, 1.165) is 12.8 Å². The zero-order chi connectivity index (χ0) is 24.9. The van der Waals surface area contributed by atoms with Crippen molar-refractivity contribution in [3.8, 4) is 22.3 Å². The number of fused-ring (bicyclic) bond motifs is 6. The lowest BCUT2D eigenvalue weighted by Gasteiger charge is -2.40. The molecule has 2 heteroatoms. The molecule has 2 nitrogen and oxygen atoms in total. The first-order valence-corrected chi connectivity index (χ1v) is 13.2. The SMILES string of the molecule is CC(O)CC1(CCC2(CC(C)O)c3ccccc3-c3ccccc32)c2ccccc2-c2ccccc21. The molecule has 2 unspecified atom stereocenters. The summed E-state index contributed by atoms with van der Waals surface area (Å²) in [5.41, 5.74) is 9.85. The molecule has 4 aromatic carbocycles. The number of aliphatic hydroxyl groups is 2. The molecule has 2 aliphatic carbocycles. The van der Waals surface area contributed by atoms with Crippen molar-refractivity contribution in [1.82, 2.24) is 0 Å². The van der Waals surface area contributed by atoms with Crippen molar-refractivity contribution in [3.63, 3.8) is 0 Å². The van der Waals surface area contributed by atoms with Crippen molar-refractivity contribution in [2.24, 2.45) is 0 Å². The summed E-state index contributed by atoms with van der Waals surface area (Å²) in [5, 5.41) is 21.6. The molecule has 0 bridgehead atoms. The molecule has 2 aliphatic rings. The maximum atomic E-state index is 10.8. The Labute approximate surface area is 214 Å². The average Bonchev–Trinajstić information content (AvgIpc) is 3.31. The van der Waals surface area contributed by atoms with E-state index in [4.69, 9.17) is 0 Å². The lowest BCUT2D eigenvalue weighted by molar-refractivity contribution is 0.138. The van der Waals surface area contributed by atoms with E-state index in [1.165, 1.54) is 44.5 Å². The highest BCUT2D eigenvalue weighted by Crippen LogP contribution is 2.58. The molecule has 2 atom stereocenters. The van der Waals surface area contributed by atoms with Gasteiger partial charge < -0.3 is 10.2 Å². The first-order chi connectivity index (χ1) is 17.5. The highest BCUT2D eigenvalue weighted by atomic mass is 16.3. The monoisotopic (exact) mass is 474 g/mol. The minimum absolute atomic E-state index is 0.278. The summed E-state index contributed by atoms with van der Waals surface area (Å²) in [6.45, 7) is 3.83. The van der Waals surface area contributed by atoms with E-state index in [9.17, 15) is 10.2 Å². The zero-order valence-corrected chi connectivity index (χ0v) is 21.1. The van der Waals surface area contributed by atoms with Gasteiger partial charge in [-0.15, -0.1) is 0 Å². The number of rotatable bonds is 7. The Hall–Kier alpha value is -3.20. The lowest BCUT2D eigenvalue weighted by Crippen LogP contribution is -2.35. The fourth-order valence-electron chi connectivity index (χ4n) is 7.45. The van der Waals surface area contributed by atoms with Crippen LogP contribution in [-0.4, -0.2) is 22.4 Å². The predicted molar refractivity (Wildman–Crippen MR) is 147 cm³/mol. The van der Waals surface area contributed by atoms with Crippen LogP contribution in [0.15, 0.2) is 97.1 Å². The quantitative estimate of drug-likeness (QED) is 0.296. The number of benzene rings is 4. The van der Waals surface area contributed by atoms with E-state index in [1.54, 1.807) is 0 Å². The van der Waals surface area contributed by atoms with E-state index in [0.29, 0.717) is 12.8 Å². The largest absolute Gasteiger partial charge is 0.393 e. The fraction of sp³-hybridized carbons (Fsp3) is 0.294. The van der Waals surface area contributed by atoms with Crippen molar-refractivity contribution in [3.05, 3.63) is 119 Å². The van der Waals surface area contributed by atoms with Crippen molar-refractivity contribution >= 4 is 0 Å². The number of aliphatic hydroxyl groups excluding tert-OH is 2. The molecular weight excluding hydrogens is 440 g/mol. The van der Waals surface area contributed by atoms with Crippen LogP contribution in [0, 0.1) is 0 Å². The van der Waals surface area contributed by atoms with Crippen LogP contribution < -0.4 is 0 Å². The van der Waals surface area contributed by atoms with Crippen molar-refractivity contribution in [2.45, 2.75) is 62.6 Å². The van der Waals surface area contributed by atoms with Crippen LogP contribution >= 0.6 is 0 Å². The average molecular weight is 475 g/mol. The number of hydrogen-bond acceptors (Lipinski definition) is 2. The molecule has 0 heterocycles. The molecule has 2 N–H and O–H groups in total. The van der Waals surface area contributed by atoms with Gasteiger partial charge in [0.25, 0.3) is 0 Å². The highest BCUT2D eigenvalue weighted by Gasteiger charge is 2.48. The summed E-state index contributed by atoms with van der Waals surface area (Å²) >= 11 is 0. The van der Waals surface area contributed by atoms with Crippen molar-refractivity contribution in [1.29, 1.82) is 0 Å². The lowest BCUT2D eigenvalue weighted by atomic mass is 9.64. The molecular formula is C34H34O2. The molecule has 0 fully saturated rings. The second kappa shape index (κ2) is 8.73. The van der Waals surface area contributed by atoms with E-state index < -0.39 is 12.2 Å². The second-order valence-electron chi connectivity index (χ2n) is 11.0. The van der Waals surface area contributed by atoms with Gasteiger partial charge in [-0.05, 0) is 84.0 Å².